The Bertz CT molecular complexity index is 593. The molecule has 0 saturated heterocycles. The molecule has 0 aliphatic carbocycles. The first kappa shape index (κ1) is 15.6. The molecule has 2 rings (SSSR count). The van der Waals surface area contributed by atoms with Gasteiger partial charge in [-0.3, -0.25) is 0 Å². The summed E-state index contributed by atoms with van der Waals surface area (Å²) in [5, 5.41) is 3.35. The molecule has 0 aromatic heterocycles. The van der Waals surface area contributed by atoms with Crippen molar-refractivity contribution in [3.63, 3.8) is 0 Å². The van der Waals surface area contributed by atoms with Crippen molar-refractivity contribution in [3.8, 4) is 0 Å². The minimum Gasteiger partial charge on any atom is -0.304 e. The van der Waals surface area contributed by atoms with E-state index < -0.39 is 11.6 Å². The molecule has 0 radical (unpaired) electrons. The second-order valence-corrected chi connectivity index (χ2v) is 5.37. The van der Waals surface area contributed by atoms with Crippen LogP contribution >= 0.6 is 0 Å². The third-order valence-corrected chi connectivity index (χ3v) is 3.82. The maximum Gasteiger partial charge on any atom is 0.130 e. The van der Waals surface area contributed by atoms with Crippen LogP contribution in [0, 0.1) is 11.6 Å². The third kappa shape index (κ3) is 3.88. The molecular weight excluding hydrogens is 268 g/mol. The van der Waals surface area contributed by atoms with Crippen molar-refractivity contribution in [2.75, 3.05) is 0 Å². The number of hydrogen-bond acceptors (Lipinski definition) is 1. The maximum atomic E-state index is 13.8. The summed E-state index contributed by atoms with van der Waals surface area (Å²) in [4.78, 5) is 0. The maximum absolute atomic E-state index is 13.8. The second kappa shape index (κ2) is 6.81. The SMILES string of the molecule is CCc1ccc(C(C)NC(C)c2ccc(F)cc2F)cc1. The number of hydrogen-bond donors (Lipinski definition) is 1. The average molecular weight is 289 g/mol. The Kier molecular flexibility index (Phi) is 5.07. The van der Waals surface area contributed by atoms with Crippen molar-refractivity contribution in [2.45, 2.75) is 39.3 Å². The standard InChI is InChI=1S/C18H21F2N/c1-4-14-5-7-15(8-6-14)12(2)21-13(3)17-10-9-16(19)11-18(17)20/h5-13,21H,4H2,1-3H3. The summed E-state index contributed by atoms with van der Waals surface area (Å²) in [6.45, 7) is 6.04. The Balaban J connectivity index is 2.08. The van der Waals surface area contributed by atoms with Crippen LogP contribution in [0.1, 0.15) is 49.5 Å². The van der Waals surface area contributed by atoms with E-state index in [1.807, 2.05) is 13.8 Å². The van der Waals surface area contributed by atoms with Gasteiger partial charge in [0.1, 0.15) is 11.6 Å². The third-order valence-electron chi connectivity index (χ3n) is 3.82. The van der Waals surface area contributed by atoms with Crippen LogP contribution in [0.25, 0.3) is 0 Å². The molecule has 2 aromatic carbocycles. The van der Waals surface area contributed by atoms with Crippen LogP contribution in [0.15, 0.2) is 42.5 Å². The second-order valence-electron chi connectivity index (χ2n) is 5.37. The first-order chi connectivity index (χ1) is 10.0. The summed E-state index contributed by atoms with van der Waals surface area (Å²) >= 11 is 0. The number of halogens is 2. The van der Waals surface area contributed by atoms with Crippen LogP contribution in [0.5, 0.6) is 0 Å². The normalized spacial score (nSPS) is 14.0. The molecule has 3 heteroatoms. The van der Waals surface area contributed by atoms with Crippen LogP contribution < -0.4 is 5.32 Å². The van der Waals surface area contributed by atoms with E-state index in [4.69, 9.17) is 0 Å². The van der Waals surface area contributed by atoms with Gasteiger partial charge in [-0.2, -0.15) is 0 Å². The largest absolute Gasteiger partial charge is 0.304 e. The van der Waals surface area contributed by atoms with Gasteiger partial charge in [0.15, 0.2) is 0 Å². The quantitative estimate of drug-likeness (QED) is 0.822. The summed E-state index contributed by atoms with van der Waals surface area (Å²) in [6.07, 6.45) is 1.01. The average Bonchev–Trinajstić information content (AvgIpc) is 2.47. The predicted octanol–water partition coefficient (Wildman–Crippen LogP) is 4.94. The fourth-order valence-electron chi connectivity index (χ4n) is 2.46. The Morgan fingerprint density at radius 2 is 1.62 bits per heavy atom. The molecule has 0 amide bonds. The summed E-state index contributed by atoms with van der Waals surface area (Å²) in [5.41, 5.74) is 2.93. The van der Waals surface area contributed by atoms with Gasteiger partial charge in [-0.05, 0) is 37.5 Å². The topological polar surface area (TPSA) is 12.0 Å². The van der Waals surface area contributed by atoms with Gasteiger partial charge in [0.25, 0.3) is 0 Å². The first-order valence-corrected chi connectivity index (χ1v) is 7.31. The van der Waals surface area contributed by atoms with Crippen LogP contribution in [-0.4, -0.2) is 0 Å². The Hall–Kier alpha value is -1.74. The molecule has 1 N–H and O–H groups in total. The van der Waals surface area contributed by atoms with Crippen molar-refractivity contribution in [2.24, 2.45) is 0 Å². The fourth-order valence-corrected chi connectivity index (χ4v) is 2.46. The van der Waals surface area contributed by atoms with Crippen LogP contribution in [-0.2, 0) is 6.42 Å². The number of benzene rings is 2. The molecule has 0 spiro atoms. The van der Waals surface area contributed by atoms with E-state index in [1.54, 1.807) is 0 Å². The van der Waals surface area contributed by atoms with Crippen LogP contribution in [0.3, 0.4) is 0 Å². The highest BCUT2D eigenvalue weighted by atomic mass is 19.1. The summed E-state index contributed by atoms with van der Waals surface area (Å²) < 4.78 is 26.7. The van der Waals surface area contributed by atoms with Crippen molar-refractivity contribution in [1.29, 1.82) is 0 Å². The highest BCUT2D eigenvalue weighted by Crippen LogP contribution is 2.22. The monoisotopic (exact) mass is 289 g/mol. The lowest BCUT2D eigenvalue weighted by molar-refractivity contribution is 0.470. The van der Waals surface area contributed by atoms with E-state index in [1.165, 1.54) is 17.7 Å². The van der Waals surface area contributed by atoms with Crippen molar-refractivity contribution in [3.05, 3.63) is 70.8 Å². The van der Waals surface area contributed by atoms with Gasteiger partial charge in [0, 0.05) is 23.7 Å². The van der Waals surface area contributed by atoms with E-state index >= 15 is 0 Å². The number of rotatable bonds is 5. The smallest absolute Gasteiger partial charge is 0.130 e. The van der Waals surface area contributed by atoms with E-state index in [-0.39, 0.29) is 12.1 Å². The summed E-state index contributed by atoms with van der Waals surface area (Å²) in [6, 6.07) is 12.0. The molecule has 2 unspecified atom stereocenters. The van der Waals surface area contributed by atoms with Crippen LogP contribution in [0.4, 0.5) is 8.78 Å². The molecule has 2 atom stereocenters. The van der Waals surface area contributed by atoms with Gasteiger partial charge in [-0.15, -0.1) is 0 Å². The molecule has 1 nitrogen and oxygen atoms in total. The highest BCUT2D eigenvalue weighted by Gasteiger charge is 2.15. The van der Waals surface area contributed by atoms with Gasteiger partial charge in [-0.25, -0.2) is 8.78 Å². The lowest BCUT2D eigenvalue weighted by atomic mass is 10.0. The Labute approximate surface area is 125 Å². The van der Waals surface area contributed by atoms with Crippen molar-refractivity contribution < 1.29 is 8.78 Å². The van der Waals surface area contributed by atoms with Gasteiger partial charge >= 0.3 is 0 Å². The molecule has 0 aliphatic rings. The van der Waals surface area contributed by atoms with E-state index in [0.29, 0.717) is 5.56 Å². The van der Waals surface area contributed by atoms with E-state index in [0.717, 1.165) is 18.1 Å². The molecule has 2 aromatic rings. The zero-order valence-electron chi connectivity index (χ0n) is 12.7. The lowest BCUT2D eigenvalue weighted by Gasteiger charge is -2.21. The lowest BCUT2D eigenvalue weighted by Crippen LogP contribution is -2.23. The van der Waals surface area contributed by atoms with Gasteiger partial charge in [0.2, 0.25) is 0 Å². The van der Waals surface area contributed by atoms with E-state index in [2.05, 4.69) is 36.5 Å². The van der Waals surface area contributed by atoms with Gasteiger partial charge in [0.05, 0.1) is 0 Å². The van der Waals surface area contributed by atoms with Crippen LogP contribution in [0.2, 0.25) is 0 Å². The minimum atomic E-state index is -0.549. The molecule has 21 heavy (non-hydrogen) atoms. The zero-order valence-corrected chi connectivity index (χ0v) is 12.7. The molecular formula is C18H21F2N. The van der Waals surface area contributed by atoms with E-state index in [9.17, 15) is 8.78 Å². The Morgan fingerprint density at radius 1 is 0.952 bits per heavy atom. The molecule has 0 bridgehead atoms. The molecule has 112 valence electrons. The summed E-state index contributed by atoms with van der Waals surface area (Å²) in [7, 11) is 0. The highest BCUT2D eigenvalue weighted by molar-refractivity contribution is 5.26. The summed E-state index contributed by atoms with van der Waals surface area (Å²) in [5.74, 6) is -1.06. The zero-order chi connectivity index (χ0) is 15.4. The predicted molar refractivity (Wildman–Crippen MR) is 82.1 cm³/mol. The molecule has 0 heterocycles. The number of nitrogens with one attached hydrogen (secondary N) is 1. The van der Waals surface area contributed by atoms with Crippen molar-refractivity contribution >= 4 is 0 Å². The number of aryl methyl sites for hydroxylation is 1. The minimum absolute atomic E-state index is 0.0929. The van der Waals surface area contributed by atoms with Crippen molar-refractivity contribution in [1.82, 2.24) is 5.32 Å². The molecule has 0 saturated carbocycles. The van der Waals surface area contributed by atoms with Gasteiger partial charge < -0.3 is 5.32 Å². The fraction of sp³-hybridized carbons (Fsp3) is 0.333. The van der Waals surface area contributed by atoms with Gasteiger partial charge in [-0.1, -0.05) is 37.3 Å². The molecule has 0 fully saturated rings. The molecule has 0 aliphatic heterocycles. The first-order valence-electron chi connectivity index (χ1n) is 7.31. The Morgan fingerprint density at radius 3 is 2.19 bits per heavy atom.